The number of nitrogens with zero attached hydrogens (tertiary/aromatic N) is 5. The van der Waals surface area contributed by atoms with Gasteiger partial charge in [0.2, 0.25) is 0 Å². The Hall–Kier alpha value is -3.07. The molecular formula is C19H21FN8. The minimum atomic E-state index is -0.250. The number of halogens is 1. The Morgan fingerprint density at radius 3 is 3.07 bits per heavy atom. The second kappa shape index (κ2) is 6.83. The fourth-order valence-corrected chi connectivity index (χ4v) is 3.97. The first-order chi connectivity index (χ1) is 13.7. The van der Waals surface area contributed by atoms with Crippen LogP contribution in [0.1, 0.15) is 37.7 Å². The van der Waals surface area contributed by atoms with Crippen molar-refractivity contribution in [3.63, 3.8) is 0 Å². The van der Waals surface area contributed by atoms with E-state index in [-0.39, 0.29) is 17.9 Å². The average Bonchev–Trinajstić information content (AvgIpc) is 3.33. The maximum atomic E-state index is 14.0. The molecule has 0 unspecified atom stereocenters. The Morgan fingerprint density at radius 1 is 1.29 bits per heavy atom. The van der Waals surface area contributed by atoms with Crippen LogP contribution in [0.2, 0.25) is 0 Å². The molecule has 8 nitrogen and oxygen atoms in total. The van der Waals surface area contributed by atoms with E-state index in [4.69, 9.17) is 4.98 Å². The highest BCUT2D eigenvalue weighted by Crippen LogP contribution is 2.30. The molecule has 1 saturated heterocycles. The molecule has 28 heavy (non-hydrogen) atoms. The largest absolute Gasteiger partial charge is 0.358 e. The van der Waals surface area contributed by atoms with Gasteiger partial charge in [-0.15, -0.1) is 0 Å². The van der Waals surface area contributed by atoms with Crippen LogP contribution in [-0.4, -0.2) is 42.6 Å². The number of hydrogen-bond donors (Lipinski definition) is 3. The summed E-state index contributed by atoms with van der Waals surface area (Å²) in [5.41, 5.74) is 2.98. The Labute approximate surface area is 160 Å². The molecule has 5 rings (SSSR count). The van der Waals surface area contributed by atoms with E-state index in [0.717, 1.165) is 48.3 Å². The van der Waals surface area contributed by atoms with Gasteiger partial charge >= 0.3 is 0 Å². The van der Waals surface area contributed by atoms with Crippen LogP contribution in [0.3, 0.4) is 0 Å². The molecule has 1 aliphatic rings. The lowest BCUT2D eigenvalue weighted by Crippen LogP contribution is -2.33. The molecule has 9 heteroatoms. The third-order valence-corrected chi connectivity index (χ3v) is 5.28. The third-order valence-electron chi connectivity index (χ3n) is 5.28. The maximum Gasteiger partial charge on any atom is 0.182 e. The minimum Gasteiger partial charge on any atom is -0.358 e. The normalized spacial score (nSPS) is 18.6. The summed E-state index contributed by atoms with van der Waals surface area (Å²) >= 11 is 0. The standard InChI is InChI=1S/C19H21FN8/c1-11(26-18-16-17(23-9-22-16)24-10-25-18)19-27-14-5-4-12(20)7-15(14)28(19)13-3-2-6-21-8-13/h4-5,7,9-11,13,21H,2-3,6,8H2,1H3,(H2,22,23,24,25,26)/t11-,13+/m0/s1. The van der Waals surface area contributed by atoms with Crippen molar-refractivity contribution in [2.24, 2.45) is 0 Å². The predicted molar refractivity (Wildman–Crippen MR) is 105 cm³/mol. The van der Waals surface area contributed by atoms with E-state index in [9.17, 15) is 4.39 Å². The van der Waals surface area contributed by atoms with E-state index in [0.29, 0.717) is 11.5 Å². The van der Waals surface area contributed by atoms with Crippen LogP contribution in [0.5, 0.6) is 0 Å². The number of H-pyrrole nitrogens is 1. The molecule has 0 aliphatic carbocycles. The molecule has 0 radical (unpaired) electrons. The third kappa shape index (κ3) is 2.88. The SMILES string of the molecule is C[C@H](Nc1ncnc2nc[nH]c12)c1nc2ccc(F)cc2n1[C@@H]1CCCNC1. The molecule has 3 aromatic heterocycles. The zero-order valence-corrected chi connectivity index (χ0v) is 15.5. The molecule has 0 bridgehead atoms. The van der Waals surface area contributed by atoms with Crippen LogP contribution in [-0.2, 0) is 0 Å². The molecular weight excluding hydrogens is 359 g/mol. The lowest BCUT2D eigenvalue weighted by molar-refractivity contribution is 0.367. The van der Waals surface area contributed by atoms with Crippen molar-refractivity contribution in [2.45, 2.75) is 31.8 Å². The molecule has 2 atom stereocenters. The molecule has 0 saturated carbocycles. The van der Waals surface area contributed by atoms with E-state index < -0.39 is 0 Å². The van der Waals surface area contributed by atoms with Crippen LogP contribution in [0.15, 0.2) is 30.9 Å². The summed E-state index contributed by atoms with van der Waals surface area (Å²) in [4.78, 5) is 20.6. The quantitative estimate of drug-likeness (QED) is 0.504. The van der Waals surface area contributed by atoms with E-state index in [2.05, 4.69) is 35.1 Å². The van der Waals surface area contributed by atoms with Gasteiger partial charge < -0.3 is 20.2 Å². The van der Waals surface area contributed by atoms with Crippen molar-refractivity contribution in [3.8, 4) is 0 Å². The number of piperidine rings is 1. The number of fused-ring (bicyclic) bond motifs is 2. The summed E-state index contributed by atoms with van der Waals surface area (Å²) < 4.78 is 16.2. The fraction of sp³-hybridized carbons (Fsp3) is 0.368. The van der Waals surface area contributed by atoms with Gasteiger partial charge in [-0.25, -0.2) is 24.3 Å². The van der Waals surface area contributed by atoms with Crippen LogP contribution in [0.25, 0.3) is 22.2 Å². The van der Waals surface area contributed by atoms with Gasteiger partial charge in [0.25, 0.3) is 0 Å². The van der Waals surface area contributed by atoms with Gasteiger partial charge in [0, 0.05) is 12.6 Å². The molecule has 1 aromatic carbocycles. The number of aromatic amines is 1. The van der Waals surface area contributed by atoms with Gasteiger partial charge in [0.05, 0.1) is 23.4 Å². The molecule has 0 amide bonds. The fourth-order valence-electron chi connectivity index (χ4n) is 3.97. The number of hydrogen-bond acceptors (Lipinski definition) is 6. The number of rotatable bonds is 4. The molecule has 144 valence electrons. The van der Waals surface area contributed by atoms with Crippen LogP contribution >= 0.6 is 0 Å². The number of imidazole rings is 2. The summed E-state index contributed by atoms with van der Waals surface area (Å²) in [7, 11) is 0. The second-order valence-electron chi connectivity index (χ2n) is 7.16. The van der Waals surface area contributed by atoms with E-state index >= 15 is 0 Å². The second-order valence-corrected chi connectivity index (χ2v) is 7.16. The van der Waals surface area contributed by atoms with Crippen LogP contribution in [0, 0.1) is 5.82 Å². The Bertz CT molecular complexity index is 1130. The number of anilines is 1. The van der Waals surface area contributed by atoms with Gasteiger partial charge in [-0.1, -0.05) is 0 Å². The topological polar surface area (TPSA) is 96.3 Å². The zero-order valence-electron chi connectivity index (χ0n) is 15.5. The summed E-state index contributed by atoms with van der Waals surface area (Å²) in [6.07, 6.45) is 5.21. The van der Waals surface area contributed by atoms with Gasteiger partial charge in [0.15, 0.2) is 11.5 Å². The average molecular weight is 380 g/mol. The summed E-state index contributed by atoms with van der Waals surface area (Å²) in [5.74, 6) is 1.28. The highest BCUT2D eigenvalue weighted by molar-refractivity contribution is 5.82. The van der Waals surface area contributed by atoms with Crippen molar-refractivity contribution in [1.82, 2.24) is 34.8 Å². The number of benzene rings is 1. The summed E-state index contributed by atoms with van der Waals surface area (Å²) in [6, 6.07) is 4.87. The van der Waals surface area contributed by atoms with Crippen molar-refractivity contribution < 1.29 is 4.39 Å². The van der Waals surface area contributed by atoms with Gasteiger partial charge in [-0.05, 0) is 44.5 Å². The summed E-state index contributed by atoms with van der Waals surface area (Å²) in [5, 5.41) is 6.86. The van der Waals surface area contributed by atoms with E-state index in [1.165, 1.54) is 12.4 Å². The first-order valence-corrected chi connectivity index (χ1v) is 9.49. The highest BCUT2D eigenvalue weighted by atomic mass is 19.1. The van der Waals surface area contributed by atoms with Crippen molar-refractivity contribution in [1.29, 1.82) is 0 Å². The minimum absolute atomic E-state index is 0.140. The van der Waals surface area contributed by atoms with Crippen molar-refractivity contribution >= 4 is 28.0 Å². The molecule has 1 aliphatic heterocycles. The van der Waals surface area contributed by atoms with Gasteiger partial charge in [0.1, 0.15) is 23.5 Å². The van der Waals surface area contributed by atoms with Crippen molar-refractivity contribution in [3.05, 3.63) is 42.5 Å². The Morgan fingerprint density at radius 2 is 2.21 bits per heavy atom. The molecule has 1 fully saturated rings. The predicted octanol–water partition coefficient (Wildman–Crippen LogP) is 2.94. The summed E-state index contributed by atoms with van der Waals surface area (Å²) in [6.45, 7) is 3.90. The molecule has 4 aromatic rings. The van der Waals surface area contributed by atoms with E-state index in [1.807, 2.05) is 6.92 Å². The zero-order chi connectivity index (χ0) is 19.1. The molecule has 3 N–H and O–H groups in total. The lowest BCUT2D eigenvalue weighted by Gasteiger charge is -2.28. The molecule has 0 spiro atoms. The van der Waals surface area contributed by atoms with E-state index in [1.54, 1.807) is 18.5 Å². The molecule has 4 heterocycles. The monoisotopic (exact) mass is 380 g/mol. The Kier molecular flexibility index (Phi) is 4.16. The van der Waals surface area contributed by atoms with Crippen molar-refractivity contribution in [2.75, 3.05) is 18.4 Å². The van der Waals surface area contributed by atoms with Crippen LogP contribution in [0.4, 0.5) is 10.2 Å². The first-order valence-electron chi connectivity index (χ1n) is 9.49. The lowest BCUT2D eigenvalue weighted by atomic mass is 10.1. The van der Waals surface area contributed by atoms with Gasteiger partial charge in [-0.2, -0.15) is 0 Å². The first kappa shape index (κ1) is 17.1. The van der Waals surface area contributed by atoms with Crippen LogP contribution < -0.4 is 10.6 Å². The Balaban J connectivity index is 1.58. The maximum absolute atomic E-state index is 14.0. The van der Waals surface area contributed by atoms with Gasteiger partial charge in [-0.3, -0.25) is 0 Å². The smallest absolute Gasteiger partial charge is 0.182 e. The highest BCUT2D eigenvalue weighted by Gasteiger charge is 2.25. The number of nitrogens with one attached hydrogen (secondary N) is 3. The number of aromatic nitrogens is 6.